The molecule has 5 heteroatoms. The van der Waals surface area contributed by atoms with Crippen LogP contribution >= 0.6 is 0 Å². The van der Waals surface area contributed by atoms with Gasteiger partial charge in [-0.15, -0.1) is 0 Å². The van der Waals surface area contributed by atoms with Crippen LogP contribution in [0.4, 0.5) is 0 Å². The van der Waals surface area contributed by atoms with E-state index in [-0.39, 0.29) is 0 Å². The maximum Gasteiger partial charge on any atom is 0.188 e. The zero-order chi connectivity index (χ0) is 14.2. The summed E-state index contributed by atoms with van der Waals surface area (Å²) in [4.78, 5) is 4.28. The fourth-order valence-corrected chi connectivity index (χ4v) is 1.83. The van der Waals surface area contributed by atoms with Gasteiger partial charge in [-0.3, -0.25) is 4.68 Å². The second-order valence-corrected chi connectivity index (χ2v) is 4.66. The molecule has 0 saturated carbocycles. The molecule has 0 aliphatic rings. The van der Waals surface area contributed by atoms with E-state index in [1.54, 1.807) is 0 Å². The van der Waals surface area contributed by atoms with Crippen molar-refractivity contribution >= 4 is 5.96 Å². The largest absolute Gasteiger partial charge is 0.370 e. The van der Waals surface area contributed by atoms with Crippen molar-refractivity contribution in [3.63, 3.8) is 0 Å². The highest BCUT2D eigenvalue weighted by Gasteiger charge is 1.99. The summed E-state index contributed by atoms with van der Waals surface area (Å²) in [5, 5.41) is 7.39. The fraction of sp³-hybridized carbons (Fsp3) is 0.333. The Labute approximate surface area is 119 Å². The Morgan fingerprint density at radius 3 is 2.85 bits per heavy atom. The number of nitrogens with zero attached hydrogens (tertiary/aromatic N) is 3. The lowest BCUT2D eigenvalue weighted by molar-refractivity contribution is 0.686. The number of benzene rings is 1. The third kappa shape index (κ3) is 4.42. The Bertz CT molecular complexity index is 544. The lowest BCUT2D eigenvalue weighted by Crippen LogP contribution is -2.32. The SMILES string of the molecule is CCCNC(N)=NCc1cnn(Cc2ccccc2)c1. The third-order valence-electron chi connectivity index (χ3n) is 2.86. The van der Waals surface area contributed by atoms with Crippen molar-refractivity contribution in [1.29, 1.82) is 0 Å². The Kier molecular flexibility index (Phi) is 5.17. The molecule has 1 aromatic carbocycles. The van der Waals surface area contributed by atoms with Gasteiger partial charge < -0.3 is 11.1 Å². The summed E-state index contributed by atoms with van der Waals surface area (Å²) in [5.74, 6) is 0.489. The van der Waals surface area contributed by atoms with Gasteiger partial charge in [0, 0.05) is 18.3 Å². The highest BCUT2D eigenvalue weighted by molar-refractivity contribution is 5.77. The number of rotatable bonds is 6. The summed E-state index contributed by atoms with van der Waals surface area (Å²) < 4.78 is 1.91. The van der Waals surface area contributed by atoms with Crippen LogP contribution in [0.1, 0.15) is 24.5 Å². The zero-order valence-electron chi connectivity index (χ0n) is 11.8. The first-order valence-electron chi connectivity index (χ1n) is 6.87. The van der Waals surface area contributed by atoms with E-state index in [0.717, 1.165) is 25.1 Å². The van der Waals surface area contributed by atoms with E-state index in [1.165, 1.54) is 5.56 Å². The van der Waals surface area contributed by atoms with Crippen LogP contribution in [0.15, 0.2) is 47.7 Å². The predicted octanol–water partition coefficient (Wildman–Crippen LogP) is 1.75. The van der Waals surface area contributed by atoms with Gasteiger partial charge in [-0.2, -0.15) is 5.10 Å². The van der Waals surface area contributed by atoms with E-state index in [0.29, 0.717) is 12.5 Å². The van der Waals surface area contributed by atoms with Crippen molar-refractivity contribution in [2.45, 2.75) is 26.4 Å². The van der Waals surface area contributed by atoms with Gasteiger partial charge in [-0.25, -0.2) is 4.99 Å². The molecule has 0 radical (unpaired) electrons. The van der Waals surface area contributed by atoms with Crippen molar-refractivity contribution in [1.82, 2.24) is 15.1 Å². The molecule has 2 aromatic rings. The summed E-state index contributed by atoms with van der Waals surface area (Å²) in [7, 11) is 0. The van der Waals surface area contributed by atoms with Crippen molar-refractivity contribution in [2.75, 3.05) is 6.54 Å². The Morgan fingerprint density at radius 1 is 1.30 bits per heavy atom. The number of nitrogens with one attached hydrogen (secondary N) is 1. The first kappa shape index (κ1) is 14.1. The van der Waals surface area contributed by atoms with Gasteiger partial charge in [0.1, 0.15) is 0 Å². The number of hydrogen-bond acceptors (Lipinski definition) is 2. The molecule has 5 nitrogen and oxygen atoms in total. The normalized spacial score (nSPS) is 11.6. The summed E-state index contributed by atoms with van der Waals surface area (Å²) in [6.45, 7) is 4.27. The second-order valence-electron chi connectivity index (χ2n) is 4.66. The van der Waals surface area contributed by atoms with Gasteiger partial charge in [-0.05, 0) is 12.0 Å². The first-order valence-corrected chi connectivity index (χ1v) is 6.87. The van der Waals surface area contributed by atoms with E-state index in [4.69, 9.17) is 5.73 Å². The summed E-state index contributed by atoms with van der Waals surface area (Å²) in [5.41, 5.74) is 8.04. The number of aromatic nitrogens is 2. The van der Waals surface area contributed by atoms with Crippen molar-refractivity contribution in [3.8, 4) is 0 Å². The zero-order valence-corrected chi connectivity index (χ0v) is 11.8. The fourth-order valence-electron chi connectivity index (χ4n) is 1.83. The number of nitrogens with two attached hydrogens (primary N) is 1. The molecule has 0 amide bonds. The summed E-state index contributed by atoms with van der Waals surface area (Å²) >= 11 is 0. The van der Waals surface area contributed by atoms with Crippen molar-refractivity contribution < 1.29 is 0 Å². The quantitative estimate of drug-likeness (QED) is 0.621. The van der Waals surface area contributed by atoms with Crippen LogP contribution in [0.2, 0.25) is 0 Å². The minimum atomic E-state index is 0.489. The lowest BCUT2D eigenvalue weighted by Gasteiger charge is -2.02. The van der Waals surface area contributed by atoms with E-state index in [1.807, 2.05) is 35.3 Å². The monoisotopic (exact) mass is 271 g/mol. The standard InChI is InChI=1S/C15H21N5/c1-2-8-17-15(16)18-9-14-10-19-20(12-14)11-13-6-4-3-5-7-13/h3-7,10,12H,2,8-9,11H2,1H3,(H3,16,17,18). The van der Waals surface area contributed by atoms with Crippen molar-refractivity contribution in [2.24, 2.45) is 10.7 Å². The van der Waals surface area contributed by atoms with E-state index in [2.05, 4.69) is 34.5 Å². The minimum absolute atomic E-state index is 0.489. The van der Waals surface area contributed by atoms with Gasteiger partial charge in [0.2, 0.25) is 0 Å². The number of aliphatic imine (C=N–C) groups is 1. The van der Waals surface area contributed by atoms with Crippen LogP contribution in [0.3, 0.4) is 0 Å². The lowest BCUT2D eigenvalue weighted by atomic mass is 10.2. The molecular weight excluding hydrogens is 250 g/mol. The first-order chi connectivity index (χ1) is 9.78. The molecule has 0 fully saturated rings. The average Bonchev–Trinajstić information content (AvgIpc) is 2.91. The Hall–Kier alpha value is -2.30. The molecule has 0 aliphatic heterocycles. The molecule has 0 unspecified atom stereocenters. The Balaban J connectivity index is 1.89. The highest BCUT2D eigenvalue weighted by atomic mass is 15.3. The van der Waals surface area contributed by atoms with Gasteiger partial charge >= 0.3 is 0 Å². The van der Waals surface area contributed by atoms with Crippen LogP contribution in [0.25, 0.3) is 0 Å². The molecule has 3 N–H and O–H groups in total. The minimum Gasteiger partial charge on any atom is -0.370 e. The molecule has 2 rings (SSSR count). The van der Waals surface area contributed by atoms with Gasteiger partial charge in [0.05, 0.1) is 19.3 Å². The molecule has 0 bridgehead atoms. The molecular formula is C15H21N5. The van der Waals surface area contributed by atoms with E-state index >= 15 is 0 Å². The molecule has 20 heavy (non-hydrogen) atoms. The maximum absolute atomic E-state index is 5.75. The maximum atomic E-state index is 5.75. The van der Waals surface area contributed by atoms with Gasteiger partial charge in [0.15, 0.2) is 5.96 Å². The smallest absolute Gasteiger partial charge is 0.188 e. The molecule has 1 heterocycles. The van der Waals surface area contributed by atoms with Crippen LogP contribution in [-0.2, 0) is 13.1 Å². The number of hydrogen-bond donors (Lipinski definition) is 2. The van der Waals surface area contributed by atoms with Crippen LogP contribution in [0.5, 0.6) is 0 Å². The van der Waals surface area contributed by atoms with Gasteiger partial charge in [-0.1, -0.05) is 37.3 Å². The average molecular weight is 271 g/mol. The molecule has 0 aliphatic carbocycles. The highest BCUT2D eigenvalue weighted by Crippen LogP contribution is 2.04. The van der Waals surface area contributed by atoms with Gasteiger partial charge in [0.25, 0.3) is 0 Å². The Morgan fingerprint density at radius 2 is 2.10 bits per heavy atom. The topological polar surface area (TPSA) is 68.2 Å². The van der Waals surface area contributed by atoms with E-state index in [9.17, 15) is 0 Å². The predicted molar refractivity (Wildman–Crippen MR) is 81.4 cm³/mol. The van der Waals surface area contributed by atoms with Crippen molar-refractivity contribution in [3.05, 3.63) is 53.9 Å². The molecule has 0 spiro atoms. The molecule has 106 valence electrons. The van der Waals surface area contributed by atoms with Crippen LogP contribution in [0, 0.1) is 0 Å². The van der Waals surface area contributed by atoms with E-state index < -0.39 is 0 Å². The van der Waals surface area contributed by atoms with Crippen LogP contribution < -0.4 is 11.1 Å². The molecule has 1 aromatic heterocycles. The van der Waals surface area contributed by atoms with Crippen LogP contribution in [-0.4, -0.2) is 22.3 Å². The second kappa shape index (κ2) is 7.33. The molecule has 0 atom stereocenters. The summed E-state index contributed by atoms with van der Waals surface area (Å²) in [6, 6.07) is 10.3. The summed E-state index contributed by atoms with van der Waals surface area (Å²) in [6.07, 6.45) is 4.87. The third-order valence-corrected chi connectivity index (χ3v) is 2.86. The number of guanidine groups is 1. The molecule has 0 saturated heterocycles.